The van der Waals surface area contributed by atoms with Gasteiger partial charge in [0.05, 0.1) is 11.6 Å². The van der Waals surface area contributed by atoms with Crippen LogP contribution in [0.1, 0.15) is 5.56 Å². The Hall–Kier alpha value is -2.32. The van der Waals surface area contributed by atoms with Gasteiger partial charge in [-0.15, -0.1) is 0 Å². The van der Waals surface area contributed by atoms with Gasteiger partial charge in [0, 0.05) is 6.07 Å². The van der Waals surface area contributed by atoms with Crippen LogP contribution < -0.4 is 10.5 Å². The van der Waals surface area contributed by atoms with Crippen LogP contribution in [0.3, 0.4) is 0 Å². The van der Waals surface area contributed by atoms with Crippen molar-refractivity contribution in [2.45, 2.75) is 0 Å². The molecule has 0 unspecified atom stereocenters. The Labute approximate surface area is 102 Å². The summed E-state index contributed by atoms with van der Waals surface area (Å²) in [5.41, 5.74) is 5.98. The van der Waals surface area contributed by atoms with Crippen molar-refractivity contribution in [1.82, 2.24) is 9.97 Å². The molecule has 0 bridgehead atoms. The summed E-state index contributed by atoms with van der Waals surface area (Å²) < 4.78 is 5.41. The molecule has 0 atom stereocenters. The van der Waals surface area contributed by atoms with E-state index in [9.17, 15) is 0 Å². The lowest BCUT2D eigenvalue weighted by atomic mass is 10.2. The summed E-state index contributed by atoms with van der Waals surface area (Å²) in [5.74, 6) is 0.839. The van der Waals surface area contributed by atoms with Crippen LogP contribution in [0.4, 0.5) is 5.95 Å². The minimum absolute atomic E-state index is 0.0427. The molecule has 6 heteroatoms. The smallest absolute Gasteiger partial charge is 0.225 e. The van der Waals surface area contributed by atoms with Gasteiger partial charge in [-0.3, -0.25) is 0 Å². The second-order valence-corrected chi connectivity index (χ2v) is 3.51. The molecule has 2 aromatic rings. The predicted molar refractivity (Wildman–Crippen MR) is 62.7 cm³/mol. The third kappa shape index (κ3) is 2.83. The van der Waals surface area contributed by atoms with Gasteiger partial charge in [-0.1, -0.05) is 11.6 Å². The average Bonchev–Trinajstić information content (AvgIpc) is 2.28. The van der Waals surface area contributed by atoms with Gasteiger partial charge in [0.2, 0.25) is 11.8 Å². The zero-order valence-corrected chi connectivity index (χ0v) is 9.35. The number of benzene rings is 1. The van der Waals surface area contributed by atoms with Crippen molar-refractivity contribution < 1.29 is 4.74 Å². The minimum Gasteiger partial charge on any atom is -0.439 e. The maximum atomic E-state index is 8.65. The van der Waals surface area contributed by atoms with Crippen LogP contribution in [0, 0.1) is 11.3 Å². The van der Waals surface area contributed by atoms with Crippen molar-refractivity contribution in [3.8, 4) is 17.7 Å². The Morgan fingerprint density at radius 1 is 1.24 bits per heavy atom. The highest BCUT2D eigenvalue weighted by Gasteiger charge is 2.03. The molecule has 0 saturated heterocycles. The highest BCUT2D eigenvalue weighted by Crippen LogP contribution is 2.22. The number of nitrogens with zero attached hydrogens (tertiary/aromatic N) is 3. The van der Waals surface area contributed by atoms with E-state index in [0.29, 0.717) is 11.3 Å². The van der Waals surface area contributed by atoms with Gasteiger partial charge in [0.15, 0.2) is 0 Å². The third-order valence-electron chi connectivity index (χ3n) is 1.89. The van der Waals surface area contributed by atoms with Crippen LogP contribution in [0.15, 0.2) is 30.3 Å². The van der Waals surface area contributed by atoms with E-state index in [1.165, 1.54) is 6.07 Å². The van der Waals surface area contributed by atoms with Gasteiger partial charge >= 0.3 is 0 Å². The molecule has 0 fully saturated rings. The van der Waals surface area contributed by atoms with Crippen LogP contribution in [0.2, 0.25) is 5.15 Å². The van der Waals surface area contributed by atoms with Crippen molar-refractivity contribution in [2.24, 2.45) is 0 Å². The summed E-state index contributed by atoms with van der Waals surface area (Å²) in [6.45, 7) is 0. The van der Waals surface area contributed by atoms with E-state index in [0.717, 1.165) is 0 Å². The van der Waals surface area contributed by atoms with E-state index in [-0.39, 0.29) is 17.0 Å². The fourth-order valence-electron chi connectivity index (χ4n) is 1.18. The van der Waals surface area contributed by atoms with Crippen LogP contribution in [0.25, 0.3) is 0 Å². The SMILES string of the molecule is N#Cc1ccc(Oc2cc(Cl)nc(N)n2)cc1. The van der Waals surface area contributed by atoms with E-state index >= 15 is 0 Å². The Balaban J connectivity index is 2.22. The molecule has 0 aliphatic carbocycles. The van der Waals surface area contributed by atoms with Crippen LogP contribution in [0.5, 0.6) is 11.6 Å². The van der Waals surface area contributed by atoms with Gasteiger partial charge < -0.3 is 10.5 Å². The zero-order valence-electron chi connectivity index (χ0n) is 8.59. The van der Waals surface area contributed by atoms with Crippen molar-refractivity contribution in [3.05, 3.63) is 41.0 Å². The highest BCUT2D eigenvalue weighted by atomic mass is 35.5. The minimum atomic E-state index is 0.0427. The average molecular weight is 247 g/mol. The molecule has 84 valence electrons. The lowest BCUT2D eigenvalue weighted by Gasteiger charge is -2.05. The number of nitriles is 1. The Morgan fingerprint density at radius 2 is 1.94 bits per heavy atom. The second kappa shape index (κ2) is 4.68. The molecule has 1 heterocycles. The molecular formula is C11H7ClN4O. The summed E-state index contributed by atoms with van der Waals surface area (Å²) in [6, 6.07) is 10.1. The monoisotopic (exact) mass is 246 g/mol. The van der Waals surface area contributed by atoms with E-state index in [2.05, 4.69) is 9.97 Å². The first-order chi connectivity index (χ1) is 8.17. The fourth-order valence-corrected chi connectivity index (χ4v) is 1.36. The summed E-state index contributed by atoms with van der Waals surface area (Å²) in [7, 11) is 0. The van der Waals surface area contributed by atoms with E-state index in [1.807, 2.05) is 6.07 Å². The van der Waals surface area contributed by atoms with Gasteiger partial charge in [-0.2, -0.15) is 10.2 Å². The molecule has 0 aliphatic heterocycles. The number of rotatable bonds is 2. The maximum absolute atomic E-state index is 8.65. The van der Waals surface area contributed by atoms with Crippen LogP contribution in [-0.4, -0.2) is 9.97 Å². The molecule has 2 N–H and O–H groups in total. The number of anilines is 1. The van der Waals surface area contributed by atoms with Gasteiger partial charge in [0.1, 0.15) is 10.9 Å². The topological polar surface area (TPSA) is 84.8 Å². The molecule has 17 heavy (non-hydrogen) atoms. The molecular weight excluding hydrogens is 240 g/mol. The number of hydrogen-bond acceptors (Lipinski definition) is 5. The normalized spacial score (nSPS) is 9.65. The standard InChI is InChI=1S/C11H7ClN4O/c12-9-5-10(16-11(14)15-9)17-8-3-1-7(6-13)2-4-8/h1-5H,(H2,14,15,16). The lowest BCUT2D eigenvalue weighted by Crippen LogP contribution is -1.97. The first kappa shape index (κ1) is 11.2. The van der Waals surface area contributed by atoms with Crippen molar-refractivity contribution in [1.29, 1.82) is 5.26 Å². The third-order valence-corrected chi connectivity index (χ3v) is 2.09. The molecule has 0 aliphatic rings. The van der Waals surface area contributed by atoms with E-state index in [1.54, 1.807) is 24.3 Å². The van der Waals surface area contributed by atoms with Crippen molar-refractivity contribution >= 4 is 17.5 Å². The number of hydrogen-bond donors (Lipinski definition) is 1. The summed E-state index contributed by atoms with van der Waals surface area (Å²) in [5, 5.41) is 8.85. The molecule has 0 spiro atoms. The second-order valence-electron chi connectivity index (χ2n) is 3.13. The Morgan fingerprint density at radius 3 is 2.53 bits per heavy atom. The summed E-state index contributed by atoms with van der Waals surface area (Å²) in [4.78, 5) is 7.58. The summed E-state index contributed by atoms with van der Waals surface area (Å²) in [6.07, 6.45) is 0. The maximum Gasteiger partial charge on any atom is 0.225 e. The summed E-state index contributed by atoms with van der Waals surface area (Å²) >= 11 is 5.71. The van der Waals surface area contributed by atoms with E-state index < -0.39 is 0 Å². The first-order valence-corrected chi connectivity index (χ1v) is 5.03. The van der Waals surface area contributed by atoms with Crippen LogP contribution >= 0.6 is 11.6 Å². The molecule has 1 aromatic heterocycles. The molecule has 5 nitrogen and oxygen atoms in total. The number of nitrogen functional groups attached to an aromatic ring is 1. The Bertz CT molecular complexity index is 557. The van der Waals surface area contributed by atoms with Gasteiger partial charge in [0.25, 0.3) is 0 Å². The molecule has 0 amide bonds. The number of halogens is 1. The lowest BCUT2D eigenvalue weighted by molar-refractivity contribution is 0.462. The molecule has 2 rings (SSSR count). The number of ether oxygens (including phenoxy) is 1. The van der Waals surface area contributed by atoms with Crippen molar-refractivity contribution in [3.63, 3.8) is 0 Å². The fraction of sp³-hybridized carbons (Fsp3) is 0. The quantitative estimate of drug-likeness (QED) is 0.823. The molecule has 0 radical (unpaired) electrons. The predicted octanol–water partition coefficient (Wildman–Crippen LogP) is 2.38. The largest absolute Gasteiger partial charge is 0.439 e. The van der Waals surface area contributed by atoms with Crippen LogP contribution in [-0.2, 0) is 0 Å². The first-order valence-electron chi connectivity index (χ1n) is 4.65. The van der Waals surface area contributed by atoms with Crippen molar-refractivity contribution in [2.75, 3.05) is 5.73 Å². The molecule has 0 saturated carbocycles. The van der Waals surface area contributed by atoms with Gasteiger partial charge in [-0.05, 0) is 24.3 Å². The van der Waals surface area contributed by atoms with Gasteiger partial charge in [-0.25, -0.2) is 4.98 Å². The number of aromatic nitrogens is 2. The zero-order chi connectivity index (χ0) is 12.3. The Kier molecular flexibility index (Phi) is 3.08. The highest BCUT2D eigenvalue weighted by molar-refractivity contribution is 6.29. The molecule has 1 aromatic carbocycles. The number of nitrogens with two attached hydrogens (primary N) is 1. The van der Waals surface area contributed by atoms with E-state index in [4.69, 9.17) is 27.3 Å².